The summed E-state index contributed by atoms with van der Waals surface area (Å²) in [5.41, 5.74) is -0.704. The molecule has 96 valence electrons. The zero-order valence-corrected chi connectivity index (χ0v) is 10.4. The van der Waals surface area contributed by atoms with Crippen LogP contribution in [0.15, 0.2) is 23.2 Å². The van der Waals surface area contributed by atoms with Crippen molar-refractivity contribution in [2.45, 2.75) is 37.6 Å². The quantitative estimate of drug-likeness (QED) is 0.592. The lowest BCUT2D eigenvalue weighted by molar-refractivity contribution is 0.148. The Hall–Kier alpha value is -1.25. The van der Waals surface area contributed by atoms with Crippen LogP contribution in [0.4, 0.5) is 8.78 Å². The lowest BCUT2D eigenvalue weighted by Crippen LogP contribution is -2.21. The molecule has 0 heterocycles. The van der Waals surface area contributed by atoms with Gasteiger partial charge in [-0.2, -0.15) is 4.99 Å². The highest BCUT2D eigenvalue weighted by Crippen LogP contribution is 2.46. The minimum atomic E-state index is -2.67. The van der Waals surface area contributed by atoms with Gasteiger partial charge >= 0.3 is 0 Å². The van der Waals surface area contributed by atoms with Crippen molar-refractivity contribution in [2.24, 2.45) is 4.99 Å². The maximum absolute atomic E-state index is 13.1. The second kappa shape index (κ2) is 5.17. The van der Waals surface area contributed by atoms with E-state index >= 15 is 0 Å². The van der Waals surface area contributed by atoms with E-state index in [0.717, 1.165) is 12.8 Å². The van der Waals surface area contributed by atoms with Gasteiger partial charge in [-0.1, -0.05) is 36.6 Å². The zero-order valence-electron chi connectivity index (χ0n) is 9.63. The van der Waals surface area contributed by atoms with E-state index in [2.05, 4.69) is 4.99 Å². The molecule has 2 rings (SSSR count). The Bertz CT molecular complexity index is 492. The normalized spacial score (nSPS) is 17.8. The molecule has 1 aromatic rings. The summed E-state index contributed by atoms with van der Waals surface area (Å²) in [5.74, 6) is 0. The van der Waals surface area contributed by atoms with Gasteiger partial charge in [-0.25, -0.2) is 13.6 Å². The Morgan fingerprint density at radius 1 is 1.33 bits per heavy atom. The van der Waals surface area contributed by atoms with Crippen molar-refractivity contribution < 1.29 is 13.6 Å². The highest BCUT2D eigenvalue weighted by atomic mass is 35.5. The van der Waals surface area contributed by atoms with E-state index in [1.165, 1.54) is 12.1 Å². The molecule has 0 aliphatic heterocycles. The van der Waals surface area contributed by atoms with E-state index in [0.29, 0.717) is 18.4 Å². The van der Waals surface area contributed by atoms with Gasteiger partial charge in [0.15, 0.2) is 0 Å². The summed E-state index contributed by atoms with van der Waals surface area (Å²) in [6.45, 7) is 0. The minimum absolute atomic E-state index is 0.0230. The second-order valence-electron chi connectivity index (χ2n) is 4.44. The predicted octanol–water partition coefficient (Wildman–Crippen LogP) is 4.38. The molecular weight excluding hydrogens is 260 g/mol. The van der Waals surface area contributed by atoms with Crippen molar-refractivity contribution in [3.8, 4) is 0 Å². The summed E-state index contributed by atoms with van der Waals surface area (Å²) in [5, 5.41) is 0.0230. The van der Waals surface area contributed by atoms with Gasteiger partial charge in [0.05, 0.1) is 5.54 Å². The molecule has 0 bridgehead atoms. The van der Waals surface area contributed by atoms with Crippen molar-refractivity contribution >= 4 is 17.7 Å². The maximum Gasteiger partial charge on any atom is 0.265 e. The molecule has 5 heteroatoms. The van der Waals surface area contributed by atoms with Crippen LogP contribution in [-0.4, -0.2) is 6.08 Å². The molecule has 2 nitrogen and oxygen atoms in total. The fourth-order valence-corrected chi connectivity index (χ4v) is 2.91. The molecule has 0 atom stereocenters. The first-order valence-corrected chi connectivity index (χ1v) is 6.14. The molecule has 0 saturated heterocycles. The summed E-state index contributed by atoms with van der Waals surface area (Å²) in [4.78, 5) is 14.4. The van der Waals surface area contributed by atoms with Gasteiger partial charge in [0.1, 0.15) is 0 Å². The first-order chi connectivity index (χ1) is 8.60. The fourth-order valence-electron chi connectivity index (χ4n) is 2.65. The number of halogens is 3. The Morgan fingerprint density at radius 3 is 2.56 bits per heavy atom. The average Bonchev–Trinajstić information content (AvgIpc) is 2.78. The van der Waals surface area contributed by atoms with Crippen molar-refractivity contribution in [2.75, 3.05) is 0 Å². The van der Waals surface area contributed by atoms with Crippen LogP contribution < -0.4 is 0 Å². The molecule has 0 unspecified atom stereocenters. The molecule has 1 aromatic carbocycles. The maximum atomic E-state index is 13.1. The number of benzene rings is 1. The average molecular weight is 272 g/mol. The summed E-state index contributed by atoms with van der Waals surface area (Å²) in [6.07, 6.45) is 1.74. The Morgan fingerprint density at radius 2 is 2.00 bits per heavy atom. The van der Waals surface area contributed by atoms with E-state index in [1.54, 1.807) is 12.1 Å². The monoisotopic (exact) mass is 271 g/mol. The fraction of sp³-hybridized carbons (Fsp3) is 0.462. The molecule has 1 aliphatic carbocycles. The van der Waals surface area contributed by atoms with Gasteiger partial charge in [-0.3, -0.25) is 0 Å². The third-order valence-electron chi connectivity index (χ3n) is 3.46. The van der Waals surface area contributed by atoms with Gasteiger partial charge in [-0.15, -0.1) is 0 Å². The Balaban J connectivity index is 2.62. The topological polar surface area (TPSA) is 29.4 Å². The molecule has 1 saturated carbocycles. The highest BCUT2D eigenvalue weighted by molar-refractivity contribution is 6.31. The molecule has 1 aliphatic rings. The van der Waals surface area contributed by atoms with Crippen LogP contribution in [0.25, 0.3) is 0 Å². The van der Waals surface area contributed by atoms with Crippen LogP contribution in [0.5, 0.6) is 0 Å². The van der Waals surface area contributed by atoms with Crippen molar-refractivity contribution in [1.82, 2.24) is 0 Å². The van der Waals surface area contributed by atoms with Crippen LogP contribution in [-0.2, 0) is 10.3 Å². The molecule has 1 fully saturated rings. The summed E-state index contributed by atoms with van der Waals surface area (Å²) in [7, 11) is 0. The SMILES string of the molecule is O=C=NC1(c2cccc(Cl)c2C(F)F)CCCC1. The number of nitrogens with zero attached hydrogens (tertiary/aromatic N) is 1. The van der Waals surface area contributed by atoms with Gasteiger partial charge in [0.25, 0.3) is 6.43 Å². The molecule has 0 amide bonds. The minimum Gasteiger partial charge on any atom is -0.211 e. The molecular formula is C13H12ClF2NO. The number of carbonyl (C=O) groups excluding carboxylic acids is 1. The number of hydrogen-bond acceptors (Lipinski definition) is 2. The van der Waals surface area contributed by atoms with E-state index in [4.69, 9.17) is 11.6 Å². The molecule has 18 heavy (non-hydrogen) atoms. The summed E-state index contributed by atoms with van der Waals surface area (Å²) in [6, 6.07) is 4.63. The number of isocyanates is 1. The lowest BCUT2D eigenvalue weighted by Gasteiger charge is -2.26. The van der Waals surface area contributed by atoms with E-state index in [-0.39, 0.29) is 10.6 Å². The van der Waals surface area contributed by atoms with Crippen molar-refractivity contribution in [3.05, 3.63) is 34.3 Å². The Kier molecular flexibility index (Phi) is 3.79. The first kappa shape index (κ1) is 13.2. The van der Waals surface area contributed by atoms with E-state index < -0.39 is 12.0 Å². The number of hydrogen-bond donors (Lipinski definition) is 0. The van der Waals surface area contributed by atoms with E-state index in [9.17, 15) is 13.6 Å². The van der Waals surface area contributed by atoms with E-state index in [1.807, 2.05) is 0 Å². The predicted molar refractivity (Wildman–Crippen MR) is 64.7 cm³/mol. The summed E-state index contributed by atoms with van der Waals surface area (Å²) >= 11 is 5.84. The van der Waals surface area contributed by atoms with Crippen molar-refractivity contribution in [3.63, 3.8) is 0 Å². The zero-order chi connectivity index (χ0) is 13.2. The van der Waals surface area contributed by atoms with Gasteiger partial charge in [0, 0.05) is 10.6 Å². The largest absolute Gasteiger partial charge is 0.265 e. The van der Waals surface area contributed by atoms with Crippen LogP contribution in [0.1, 0.15) is 43.2 Å². The van der Waals surface area contributed by atoms with Crippen LogP contribution in [0, 0.1) is 0 Å². The highest BCUT2D eigenvalue weighted by Gasteiger charge is 2.39. The second-order valence-corrected chi connectivity index (χ2v) is 4.85. The molecule has 0 radical (unpaired) electrons. The number of alkyl halides is 2. The smallest absolute Gasteiger partial charge is 0.211 e. The Labute approximate surface area is 109 Å². The first-order valence-electron chi connectivity index (χ1n) is 5.77. The lowest BCUT2D eigenvalue weighted by atomic mass is 9.85. The van der Waals surface area contributed by atoms with Gasteiger partial charge in [-0.05, 0) is 24.5 Å². The molecule has 0 N–H and O–H groups in total. The van der Waals surface area contributed by atoms with Crippen LogP contribution >= 0.6 is 11.6 Å². The molecule has 0 aromatic heterocycles. The number of rotatable bonds is 3. The summed E-state index contributed by atoms with van der Waals surface area (Å²) < 4.78 is 26.3. The molecule has 0 spiro atoms. The van der Waals surface area contributed by atoms with Gasteiger partial charge in [0.2, 0.25) is 6.08 Å². The van der Waals surface area contributed by atoms with Crippen LogP contribution in [0.2, 0.25) is 5.02 Å². The number of aliphatic imine (C=N–C) groups is 1. The van der Waals surface area contributed by atoms with Crippen molar-refractivity contribution in [1.29, 1.82) is 0 Å². The van der Waals surface area contributed by atoms with Gasteiger partial charge < -0.3 is 0 Å². The third kappa shape index (κ3) is 2.18. The standard InChI is InChI=1S/C13H12ClF2NO/c14-10-5-3-4-9(11(10)12(15)16)13(17-8-18)6-1-2-7-13/h3-5,12H,1-2,6-7H2. The van der Waals surface area contributed by atoms with Crippen LogP contribution in [0.3, 0.4) is 0 Å². The third-order valence-corrected chi connectivity index (χ3v) is 3.79.